The average Bonchev–Trinajstić information content (AvgIpc) is 3.26. The molecular weight excluding hydrogens is 390 g/mol. The van der Waals surface area contributed by atoms with Crippen LogP contribution in [0.15, 0.2) is 79.4 Å². The Morgan fingerprint density at radius 1 is 1.06 bits per heavy atom. The molecule has 3 N–H and O–H groups in total. The Balaban J connectivity index is 1.52. The van der Waals surface area contributed by atoms with Crippen molar-refractivity contribution >= 4 is 17.4 Å². The first-order chi connectivity index (χ1) is 15.0. The largest absolute Gasteiger partial charge is 0.508 e. The summed E-state index contributed by atoms with van der Waals surface area (Å²) in [6, 6.07) is 18.3. The first-order valence-electron chi connectivity index (χ1n) is 9.93. The van der Waals surface area contributed by atoms with Gasteiger partial charge in [0.2, 0.25) is 0 Å². The molecule has 7 heteroatoms. The van der Waals surface area contributed by atoms with Gasteiger partial charge in [0, 0.05) is 29.7 Å². The van der Waals surface area contributed by atoms with Crippen molar-refractivity contribution in [3.8, 4) is 11.4 Å². The monoisotopic (exact) mass is 413 g/mol. The van der Waals surface area contributed by atoms with Crippen LogP contribution < -0.4 is 10.6 Å². The minimum atomic E-state index is -0.358. The van der Waals surface area contributed by atoms with Crippen LogP contribution in [0.3, 0.4) is 0 Å². The van der Waals surface area contributed by atoms with E-state index >= 15 is 0 Å². The number of aromatic nitrogens is 3. The van der Waals surface area contributed by atoms with E-state index in [1.165, 1.54) is 0 Å². The van der Waals surface area contributed by atoms with Crippen LogP contribution in [-0.2, 0) is 0 Å². The highest BCUT2D eigenvalue weighted by Gasteiger charge is 2.17. The van der Waals surface area contributed by atoms with Crippen molar-refractivity contribution in [2.45, 2.75) is 19.9 Å². The van der Waals surface area contributed by atoms with Gasteiger partial charge in [0.25, 0.3) is 5.91 Å². The molecule has 0 radical (unpaired) electrons. The van der Waals surface area contributed by atoms with Gasteiger partial charge in [-0.2, -0.15) is 0 Å². The lowest BCUT2D eigenvalue weighted by Gasteiger charge is -2.14. The number of nitrogens with one attached hydrogen (secondary N) is 2. The van der Waals surface area contributed by atoms with Crippen LogP contribution in [0.5, 0.6) is 5.75 Å². The maximum Gasteiger partial charge on any atom is 0.271 e. The van der Waals surface area contributed by atoms with Gasteiger partial charge in [-0.15, -0.1) is 0 Å². The molecule has 0 saturated carbocycles. The molecule has 1 unspecified atom stereocenters. The van der Waals surface area contributed by atoms with E-state index in [9.17, 15) is 9.90 Å². The van der Waals surface area contributed by atoms with Gasteiger partial charge < -0.3 is 20.3 Å². The third kappa shape index (κ3) is 4.56. The molecule has 0 aliphatic rings. The molecule has 31 heavy (non-hydrogen) atoms. The van der Waals surface area contributed by atoms with Crippen LogP contribution in [0.4, 0.5) is 11.5 Å². The summed E-state index contributed by atoms with van der Waals surface area (Å²) < 4.78 is 1.80. The van der Waals surface area contributed by atoms with Crippen LogP contribution in [0.1, 0.15) is 34.6 Å². The molecule has 4 rings (SSSR count). The fourth-order valence-corrected chi connectivity index (χ4v) is 3.30. The van der Waals surface area contributed by atoms with Crippen molar-refractivity contribution in [2.24, 2.45) is 0 Å². The Hall–Kier alpha value is -4.13. The predicted octanol–water partition coefficient (Wildman–Crippen LogP) is 4.52. The minimum Gasteiger partial charge on any atom is -0.508 e. The first-order valence-corrected chi connectivity index (χ1v) is 9.93. The predicted molar refractivity (Wildman–Crippen MR) is 120 cm³/mol. The second-order valence-electron chi connectivity index (χ2n) is 7.27. The van der Waals surface area contributed by atoms with Gasteiger partial charge >= 0.3 is 0 Å². The summed E-state index contributed by atoms with van der Waals surface area (Å²) in [4.78, 5) is 21.4. The lowest BCUT2D eigenvalue weighted by Crippen LogP contribution is -2.27. The number of anilines is 2. The average molecular weight is 413 g/mol. The van der Waals surface area contributed by atoms with E-state index in [4.69, 9.17) is 0 Å². The van der Waals surface area contributed by atoms with E-state index in [1.807, 2.05) is 56.3 Å². The van der Waals surface area contributed by atoms with Crippen molar-refractivity contribution in [1.29, 1.82) is 0 Å². The number of aryl methyl sites for hydroxylation is 1. The minimum absolute atomic E-state index is 0.145. The van der Waals surface area contributed by atoms with Crippen molar-refractivity contribution in [3.63, 3.8) is 0 Å². The number of hydrogen-bond donors (Lipinski definition) is 3. The highest BCUT2D eigenvalue weighted by atomic mass is 16.3. The number of imidazole rings is 1. The second-order valence-corrected chi connectivity index (χ2v) is 7.27. The standard InChI is InChI=1S/C24H23N5O2/c1-16-13-25-23(28-18-8-4-3-5-9-18)12-21(16)29-14-20(26-15-29)24(31)27-17(2)19-10-6-7-11-22(19)30/h3-15,17,30H,1-2H3,(H,25,28)(H,27,31). The normalized spacial score (nSPS) is 11.7. The van der Waals surface area contributed by atoms with Gasteiger partial charge in [-0.3, -0.25) is 4.79 Å². The Kier molecular flexibility index (Phi) is 5.66. The fraction of sp³-hybridized carbons (Fsp3) is 0.125. The third-order valence-electron chi connectivity index (χ3n) is 4.97. The molecular formula is C24H23N5O2. The number of nitrogens with zero attached hydrogens (tertiary/aromatic N) is 3. The van der Waals surface area contributed by atoms with Crippen molar-refractivity contribution in [3.05, 3.63) is 96.2 Å². The highest BCUT2D eigenvalue weighted by Crippen LogP contribution is 2.24. The molecule has 0 aliphatic heterocycles. The summed E-state index contributed by atoms with van der Waals surface area (Å²) in [6.07, 6.45) is 5.07. The molecule has 156 valence electrons. The zero-order valence-corrected chi connectivity index (χ0v) is 17.3. The summed E-state index contributed by atoms with van der Waals surface area (Å²) in [5, 5.41) is 16.1. The third-order valence-corrected chi connectivity index (χ3v) is 4.97. The topological polar surface area (TPSA) is 92.1 Å². The molecule has 7 nitrogen and oxygen atoms in total. The molecule has 1 amide bonds. The number of amides is 1. The smallest absolute Gasteiger partial charge is 0.271 e. The maximum absolute atomic E-state index is 12.7. The van der Waals surface area contributed by atoms with Gasteiger partial charge in [0.05, 0.1) is 11.7 Å². The summed E-state index contributed by atoms with van der Waals surface area (Å²) >= 11 is 0. The van der Waals surface area contributed by atoms with E-state index in [-0.39, 0.29) is 23.4 Å². The molecule has 1 atom stereocenters. The number of benzene rings is 2. The number of phenolic OH excluding ortho intramolecular Hbond substituents is 1. The van der Waals surface area contributed by atoms with Crippen LogP contribution in [0, 0.1) is 6.92 Å². The van der Waals surface area contributed by atoms with Gasteiger partial charge in [0.1, 0.15) is 23.6 Å². The van der Waals surface area contributed by atoms with Gasteiger partial charge in [-0.25, -0.2) is 9.97 Å². The van der Waals surface area contributed by atoms with E-state index in [1.54, 1.807) is 41.5 Å². The molecule has 4 aromatic rings. The number of carbonyl (C=O) groups excluding carboxylic acids is 1. The van der Waals surface area contributed by atoms with Gasteiger partial charge in [-0.05, 0) is 37.6 Å². The SMILES string of the molecule is Cc1cnc(Nc2ccccc2)cc1-n1cnc(C(=O)NC(C)c2ccccc2O)c1. The van der Waals surface area contributed by atoms with E-state index in [0.717, 1.165) is 16.9 Å². The van der Waals surface area contributed by atoms with Crippen LogP contribution >= 0.6 is 0 Å². The number of pyridine rings is 1. The number of carbonyl (C=O) groups is 1. The zero-order valence-electron chi connectivity index (χ0n) is 17.3. The molecule has 0 saturated heterocycles. The molecule has 0 spiro atoms. The van der Waals surface area contributed by atoms with E-state index < -0.39 is 0 Å². The number of para-hydroxylation sites is 2. The van der Waals surface area contributed by atoms with Crippen LogP contribution in [0.2, 0.25) is 0 Å². The Bertz CT molecular complexity index is 1200. The van der Waals surface area contributed by atoms with Crippen molar-refractivity contribution in [1.82, 2.24) is 19.9 Å². The Morgan fingerprint density at radius 3 is 2.58 bits per heavy atom. The summed E-state index contributed by atoms with van der Waals surface area (Å²) in [7, 11) is 0. The summed E-state index contributed by atoms with van der Waals surface area (Å²) in [5.41, 5.74) is 3.70. The Labute approximate surface area is 180 Å². The number of hydrogen-bond acceptors (Lipinski definition) is 5. The van der Waals surface area contributed by atoms with Crippen LogP contribution in [-0.4, -0.2) is 25.5 Å². The lowest BCUT2D eigenvalue weighted by atomic mass is 10.1. The van der Waals surface area contributed by atoms with Crippen molar-refractivity contribution in [2.75, 3.05) is 5.32 Å². The van der Waals surface area contributed by atoms with E-state index in [0.29, 0.717) is 11.4 Å². The number of aromatic hydroxyl groups is 1. The van der Waals surface area contributed by atoms with Crippen LogP contribution in [0.25, 0.3) is 5.69 Å². The number of phenols is 1. The van der Waals surface area contributed by atoms with Crippen molar-refractivity contribution < 1.29 is 9.90 Å². The fourth-order valence-electron chi connectivity index (χ4n) is 3.30. The molecule has 2 heterocycles. The van der Waals surface area contributed by atoms with Gasteiger partial charge in [0.15, 0.2) is 0 Å². The maximum atomic E-state index is 12.7. The quantitative estimate of drug-likeness (QED) is 0.432. The highest BCUT2D eigenvalue weighted by molar-refractivity contribution is 5.92. The zero-order chi connectivity index (χ0) is 21.8. The molecule has 0 fully saturated rings. The summed E-state index contributed by atoms with van der Waals surface area (Å²) in [6.45, 7) is 3.77. The molecule has 2 aromatic carbocycles. The second kappa shape index (κ2) is 8.71. The Morgan fingerprint density at radius 2 is 1.81 bits per heavy atom. The number of rotatable bonds is 6. The lowest BCUT2D eigenvalue weighted by molar-refractivity contribution is 0.0935. The first kappa shape index (κ1) is 20.2. The van der Waals surface area contributed by atoms with Gasteiger partial charge in [-0.1, -0.05) is 36.4 Å². The molecule has 0 bridgehead atoms. The molecule has 2 aromatic heterocycles. The molecule has 0 aliphatic carbocycles. The summed E-state index contributed by atoms with van der Waals surface area (Å²) in [5.74, 6) is 0.523. The van der Waals surface area contributed by atoms with E-state index in [2.05, 4.69) is 20.6 Å².